The summed E-state index contributed by atoms with van der Waals surface area (Å²) in [5.41, 5.74) is 2.58. The van der Waals surface area contributed by atoms with Gasteiger partial charge < -0.3 is 10.3 Å². The van der Waals surface area contributed by atoms with Crippen LogP contribution in [0.25, 0.3) is 0 Å². The second kappa shape index (κ2) is 6.40. The molecule has 2 heterocycles. The highest BCUT2D eigenvalue weighted by Gasteiger charge is 2.38. The lowest BCUT2D eigenvalue weighted by Gasteiger charge is -2.20. The minimum Gasteiger partial charge on any atom is -0.351 e. The summed E-state index contributed by atoms with van der Waals surface area (Å²) in [6.45, 7) is 4.72. The van der Waals surface area contributed by atoms with Gasteiger partial charge in [0.15, 0.2) is 0 Å². The topological polar surface area (TPSA) is 61.0 Å². The minimum atomic E-state index is 0.177. The van der Waals surface area contributed by atoms with E-state index in [0.717, 1.165) is 38.3 Å². The average molecular weight is 324 g/mol. The number of amides is 1. The summed E-state index contributed by atoms with van der Waals surface area (Å²) >= 11 is 0. The van der Waals surface area contributed by atoms with E-state index in [1.807, 2.05) is 6.20 Å². The highest BCUT2D eigenvalue weighted by Crippen LogP contribution is 2.32. The SMILES string of the molecule is Cc1ccc([C@@H]2CN(Cc3ncc[nH]3)C[C@H]2NC(=O)C2CC2)cc1. The molecule has 0 bridgehead atoms. The molecule has 1 aliphatic heterocycles. The number of benzene rings is 1. The fraction of sp³-hybridized carbons (Fsp3) is 0.474. The molecule has 5 heteroatoms. The number of nitrogens with zero attached hydrogens (tertiary/aromatic N) is 2. The monoisotopic (exact) mass is 324 g/mol. The summed E-state index contributed by atoms with van der Waals surface area (Å²) in [6.07, 6.45) is 5.73. The van der Waals surface area contributed by atoms with Crippen molar-refractivity contribution >= 4 is 5.91 Å². The van der Waals surface area contributed by atoms with Gasteiger partial charge in [-0.15, -0.1) is 0 Å². The maximum absolute atomic E-state index is 12.3. The number of likely N-dealkylation sites (tertiary alicyclic amines) is 1. The van der Waals surface area contributed by atoms with Gasteiger partial charge in [-0.05, 0) is 25.3 Å². The summed E-state index contributed by atoms with van der Waals surface area (Å²) in [4.78, 5) is 22.1. The van der Waals surface area contributed by atoms with Gasteiger partial charge in [-0.2, -0.15) is 0 Å². The zero-order valence-corrected chi connectivity index (χ0v) is 14.0. The number of carbonyl (C=O) groups excluding carboxylic acids is 1. The lowest BCUT2D eigenvalue weighted by atomic mass is 9.93. The van der Waals surface area contributed by atoms with E-state index >= 15 is 0 Å². The molecule has 1 aliphatic carbocycles. The van der Waals surface area contributed by atoms with Crippen molar-refractivity contribution in [2.75, 3.05) is 13.1 Å². The second-order valence-electron chi connectivity index (χ2n) is 7.14. The van der Waals surface area contributed by atoms with Crippen LogP contribution in [0.4, 0.5) is 0 Å². The van der Waals surface area contributed by atoms with Crippen LogP contribution in [-0.2, 0) is 11.3 Å². The Morgan fingerprint density at radius 1 is 1.29 bits per heavy atom. The molecule has 2 aromatic rings. The van der Waals surface area contributed by atoms with Crippen LogP contribution in [0.5, 0.6) is 0 Å². The van der Waals surface area contributed by atoms with Crippen molar-refractivity contribution in [3.63, 3.8) is 0 Å². The summed E-state index contributed by atoms with van der Waals surface area (Å²) < 4.78 is 0. The van der Waals surface area contributed by atoms with Crippen molar-refractivity contribution in [2.24, 2.45) is 5.92 Å². The van der Waals surface area contributed by atoms with Gasteiger partial charge in [-0.3, -0.25) is 9.69 Å². The predicted octanol–water partition coefficient (Wildman–Crippen LogP) is 2.21. The van der Waals surface area contributed by atoms with Gasteiger partial charge in [0.05, 0.1) is 6.54 Å². The standard InChI is InChI=1S/C19H24N4O/c1-13-2-4-14(5-3-13)16-10-23(12-18-20-8-9-21-18)11-17(16)22-19(24)15-6-7-15/h2-5,8-9,15-17H,6-7,10-12H2,1H3,(H,20,21)(H,22,24)/t16-,17+/m0/s1. The van der Waals surface area contributed by atoms with E-state index in [1.165, 1.54) is 11.1 Å². The molecule has 2 atom stereocenters. The van der Waals surface area contributed by atoms with Gasteiger partial charge >= 0.3 is 0 Å². The molecule has 4 rings (SSSR count). The molecule has 2 N–H and O–H groups in total. The fourth-order valence-corrected chi connectivity index (χ4v) is 3.55. The normalized spacial score (nSPS) is 24.2. The highest BCUT2D eigenvalue weighted by atomic mass is 16.2. The van der Waals surface area contributed by atoms with Crippen LogP contribution < -0.4 is 5.32 Å². The van der Waals surface area contributed by atoms with Gasteiger partial charge in [0.25, 0.3) is 0 Å². The number of rotatable bonds is 5. The third-order valence-corrected chi connectivity index (χ3v) is 5.11. The summed E-state index contributed by atoms with van der Waals surface area (Å²) in [5, 5.41) is 3.30. The van der Waals surface area contributed by atoms with E-state index in [0.29, 0.717) is 5.92 Å². The van der Waals surface area contributed by atoms with Crippen molar-refractivity contribution in [3.05, 3.63) is 53.6 Å². The summed E-state index contributed by atoms with van der Waals surface area (Å²) in [7, 11) is 0. The number of carbonyl (C=O) groups is 1. The Hall–Kier alpha value is -2.14. The van der Waals surface area contributed by atoms with Gasteiger partial charge in [0.2, 0.25) is 5.91 Å². The van der Waals surface area contributed by atoms with Gasteiger partial charge in [0.1, 0.15) is 5.82 Å². The Labute approximate surface area is 142 Å². The minimum absolute atomic E-state index is 0.177. The Morgan fingerprint density at radius 3 is 2.75 bits per heavy atom. The molecule has 1 aromatic carbocycles. The van der Waals surface area contributed by atoms with Crippen LogP contribution in [0.3, 0.4) is 0 Å². The van der Waals surface area contributed by atoms with Crippen LogP contribution >= 0.6 is 0 Å². The van der Waals surface area contributed by atoms with E-state index in [-0.39, 0.29) is 17.9 Å². The van der Waals surface area contributed by atoms with Crippen LogP contribution in [0.2, 0.25) is 0 Å². The first-order valence-electron chi connectivity index (χ1n) is 8.76. The maximum atomic E-state index is 12.3. The Morgan fingerprint density at radius 2 is 2.08 bits per heavy atom. The molecule has 1 amide bonds. The summed E-state index contributed by atoms with van der Waals surface area (Å²) in [6, 6.07) is 8.89. The lowest BCUT2D eigenvalue weighted by molar-refractivity contribution is -0.123. The van der Waals surface area contributed by atoms with Crippen molar-refractivity contribution in [1.29, 1.82) is 0 Å². The molecule has 2 aliphatic rings. The number of H-pyrrole nitrogens is 1. The first-order valence-corrected chi connectivity index (χ1v) is 8.76. The Balaban J connectivity index is 1.50. The zero-order valence-electron chi connectivity index (χ0n) is 14.0. The van der Waals surface area contributed by atoms with E-state index in [4.69, 9.17) is 0 Å². The van der Waals surface area contributed by atoms with Gasteiger partial charge in [0, 0.05) is 43.4 Å². The predicted molar refractivity (Wildman–Crippen MR) is 92.4 cm³/mol. The van der Waals surface area contributed by atoms with Gasteiger partial charge in [-0.1, -0.05) is 29.8 Å². The molecule has 0 radical (unpaired) electrons. The molecule has 1 saturated carbocycles. The molecule has 0 unspecified atom stereocenters. The smallest absolute Gasteiger partial charge is 0.223 e. The van der Waals surface area contributed by atoms with Gasteiger partial charge in [-0.25, -0.2) is 4.98 Å². The number of aromatic amines is 1. The molecular formula is C19H24N4O. The van der Waals surface area contributed by atoms with E-state index in [9.17, 15) is 4.79 Å². The van der Waals surface area contributed by atoms with E-state index < -0.39 is 0 Å². The lowest BCUT2D eigenvalue weighted by Crippen LogP contribution is -2.40. The van der Waals surface area contributed by atoms with E-state index in [2.05, 4.69) is 51.4 Å². The quantitative estimate of drug-likeness (QED) is 0.886. The summed E-state index contributed by atoms with van der Waals surface area (Å²) in [5.74, 6) is 1.80. The number of aryl methyl sites for hydroxylation is 1. The molecular weight excluding hydrogens is 300 g/mol. The van der Waals surface area contributed by atoms with Crippen molar-refractivity contribution in [2.45, 2.75) is 38.3 Å². The van der Waals surface area contributed by atoms with Crippen LogP contribution in [0, 0.1) is 12.8 Å². The molecule has 1 saturated heterocycles. The molecule has 126 valence electrons. The largest absolute Gasteiger partial charge is 0.351 e. The number of hydrogen-bond donors (Lipinski definition) is 2. The Kier molecular flexibility index (Phi) is 4.10. The fourth-order valence-electron chi connectivity index (χ4n) is 3.55. The molecule has 24 heavy (non-hydrogen) atoms. The van der Waals surface area contributed by atoms with Crippen LogP contribution in [-0.4, -0.2) is 39.9 Å². The number of aromatic nitrogens is 2. The van der Waals surface area contributed by atoms with Crippen LogP contribution in [0.15, 0.2) is 36.7 Å². The first-order chi connectivity index (χ1) is 11.7. The average Bonchev–Trinajstić information content (AvgIpc) is 3.18. The third kappa shape index (κ3) is 3.36. The molecule has 2 fully saturated rings. The van der Waals surface area contributed by atoms with Crippen LogP contribution in [0.1, 0.15) is 35.7 Å². The maximum Gasteiger partial charge on any atom is 0.223 e. The highest BCUT2D eigenvalue weighted by molar-refractivity contribution is 5.81. The number of hydrogen-bond acceptors (Lipinski definition) is 3. The zero-order chi connectivity index (χ0) is 16.5. The molecule has 1 aromatic heterocycles. The Bertz CT molecular complexity index is 691. The van der Waals surface area contributed by atoms with E-state index in [1.54, 1.807) is 6.20 Å². The molecule has 0 spiro atoms. The number of imidazole rings is 1. The number of nitrogens with one attached hydrogen (secondary N) is 2. The van der Waals surface area contributed by atoms with Crippen molar-refractivity contribution < 1.29 is 4.79 Å². The van der Waals surface area contributed by atoms with Crippen molar-refractivity contribution in [3.8, 4) is 0 Å². The van der Waals surface area contributed by atoms with Crippen molar-refractivity contribution in [1.82, 2.24) is 20.2 Å². The third-order valence-electron chi connectivity index (χ3n) is 5.11. The molecule has 5 nitrogen and oxygen atoms in total. The first kappa shape index (κ1) is 15.4. The second-order valence-corrected chi connectivity index (χ2v) is 7.14.